The van der Waals surface area contributed by atoms with Gasteiger partial charge in [-0.1, -0.05) is 30.8 Å². The third-order valence-electron chi connectivity index (χ3n) is 6.26. The highest BCUT2D eigenvalue weighted by Crippen LogP contribution is 2.34. The fourth-order valence-corrected chi connectivity index (χ4v) is 7.82. The van der Waals surface area contributed by atoms with Gasteiger partial charge in [-0.2, -0.15) is 0 Å². The van der Waals surface area contributed by atoms with Crippen LogP contribution in [0.15, 0.2) is 52.1 Å². The van der Waals surface area contributed by atoms with E-state index in [9.17, 15) is 13.2 Å². The summed E-state index contributed by atoms with van der Waals surface area (Å²) in [6, 6.07) is 11.8. The Morgan fingerprint density at radius 1 is 1.26 bits per heavy atom. The van der Waals surface area contributed by atoms with Gasteiger partial charge in [0.2, 0.25) is 5.91 Å². The maximum Gasteiger partial charge on any atom is 0.224 e. The van der Waals surface area contributed by atoms with E-state index in [1.165, 1.54) is 11.8 Å². The minimum absolute atomic E-state index is 0.00688. The summed E-state index contributed by atoms with van der Waals surface area (Å²) in [5.74, 6) is 1.26. The Labute approximate surface area is 205 Å². The Kier molecular flexibility index (Phi) is 8.00. The van der Waals surface area contributed by atoms with Crippen LogP contribution >= 0.6 is 11.8 Å². The average Bonchev–Trinajstić information content (AvgIpc) is 3.49. The van der Waals surface area contributed by atoms with Gasteiger partial charge in [0.05, 0.1) is 36.8 Å². The molecule has 1 saturated heterocycles. The Hall–Kier alpha value is -2.30. The van der Waals surface area contributed by atoms with Gasteiger partial charge in [0.1, 0.15) is 5.76 Å². The molecule has 0 aliphatic carbocycles. The van der Waals surface area contributed by atoms with Crippen molar-refractivity contribution in [1.82, 2.24) is 10.2 Å². The molecule has 10 heteroatoms. The first-order valence-electron chi connectivity index (χ1n) is 11.7. The number of fused-ring (bicyclic) bond motifs is 1. The van der Waals surface area contributed by atoms with Gasteiger partial charge in [0, 0.05) is 30.1 Å². The van der Waals surface area contributed by atoms with Crippen molar-refractivity contribution in [2.24, 2.45) is 4.99 Å². The molecule has 1 aromatic carbocycles. The first-order valence-corrected chi connectivity index (χ1v) is 14.4. The molecular weight excluding hydrogens is 472 g/mol. The molecule has 8 nitrogen and oxygen atoms in total. The predicted molar refractivity (Wildman–Crippen MR) is 137 cm³/mol. The summed E-state index contributed by atoms with van der Waals surface area (Å²) in [6.45, 7) is 6.41. The summed E-state index contributed by atoms with van der Waals surface area (Å²) in [5.41, 5.74) is 1.81. The van der Waals surface area contributed by atoms with Gasteiger partial charge in [-0.05, 0) is 43.2 Å². The number of amidine groups is 1. The number of rotatable bonds is 10. The zero-order chi connectivity index (χ0) is 24.1. The van der Waals surface area contributed by atoms with Crippen LogP contribution in [0.5, 0.6) is 0 Å². The van der Waals surface area contributed by atoms with E-state index >= 15 is 0 Å². The number of benzene rings is 1. The molecule has 0 spiro atoms. The molecule has 0 bridgehead atoms. The highest BCUT2D eigenvalue weighted by atomic mass is 32.2. The smallest absolute Gasteiger partial charge is 0.224 e. The SMILES string of the molecule is CCC(C)N(CCNC(=O)Cc1ccc(NC2=NC3CS(=O)(=O)CC3S2)cc1)Cc1ccco1. The summed E-state index contributed by atoms with van der Waals surface area (Å²) in [6.07, 6.45) is 3.03. The zero-order valence-corrected chi connectivity index (χ0v) is 21.2. The summed E-state index contributed by atoms with van der Waals surface area (Å²) >= 11 is 1.49. The number of hydrogen-bond acceptors (Lipinski definition) is 8. The second-order valence-electron chi connectivity index (χ2n) is 8.89. The van der Waals surface area contributed by atoms with Crippen molar-refractivity contribution in [1.29, 1.82) is 0 Å². The molecule has 0 radical (unpaired) electrons. The van der Waals surface area contributed by atoms with Crippen molar-refractivity contribution in [2.75, 3.05) is 29.9 Å². The number of carbonyl (C=O) groups is 1. The lowest BCUT2D eigenvalue weighted by molar-refractivity contribution is -0.120. The van der Waals surface area contributed by atoms with E-state index in [1.54, 1.807) is 6.26 Å². The number of nitrogens with one attached hydrogen (secondary N) is 2. The van der Waals surface area contributed by atoms with Crippen LogP contribution in [-0.2, 0) is 27.6 Å². The molecule has 3 atom stereocenters. The molecule has 2 aliphatic rings. The fraction of sp³-hybridized carbons (Fsp3) is 0.500. The molecule has 4 rings (SSSR count). The number of thioether (sulfide) groups is 1. The molecule has 1 aromatic heterocycles. The van der Waals surface area contributed by atoms with E-state index in [2.05, 4.69) is 34.4 Å². The molecule has 3 unspecified atom stereocenters. The summed E-state index contributed by atoms with van der Waals surface area (Å²) < 4.78 is 28.9. The van der Waals surface area contributed by atoms with E-state index in [-0.39, 0.29) is 28.7 Å². The molecule has 2 aliphatic heterocycles. The molecule has 2 N–H and O–H groups in total. The van der Waals surface area contributed by atoms with Gasteiger partial charge in [-0.3, -0.25) is 14.7 Å². The number of furan rings is 1. The van der Waals surface area contributed by atoms with E-state index < -0.39 is 9.84 Å². The number of amides is 1. The molecule has 34 heavy (non-hydrogen) atoms. The maximum absolute atomic E-state index is 12.4. The Morgan fingerprint density at radius 3 is 2.74 bits per heavy atom. The van der Waals surface area contributed by atoms with Crippen LogP contribution in [0.4, 0.5) is 5.69 Å². The van der Waals surface area contributed by atoms with Gasteiger partial charge in [0.15, 0.2) is 15.0 Å². The van der Waals surface area contributed by atoms with Gasteiger partial charge < -0.3 is 15.1 Å². The zero-order valence-electron chi connectivity index (χ0n) is 19.6. The molecule has 0 saturated carbocycles. The number of nitrogens with zero attached hydrogens (tertiary/aromatic N) is 2. The minimum atomic E-state index is -2.95. The topological polar surface area (TPSA) is 104 Å². The number of sulfone groups is 1. The van der Waals surface area contributed by atoms with Crippen molar-refractivity contribution < 1.29 is 17.6 Å². The third kappa shape index (κ3) is 6.64. The second kappa shape index (κ2) is 11.0. The molecule has 3 heterocycles. The first kappa shape index (κ1) is 24.8. The number of anilines is 1. The van der Waals surface area contributed by atoms with Crippen molar-refractivity contribution >= 4 is 38.4 Å². The summed E-state index contributed by atoms with van der Waals surface area (Å²) in [7, 11) is -2.95. The van der Waals surface area contributed by atoms with Crippen LogP contribution in [0, 0.1) is 0 Å². The lowest BCUT2D eigenvalue weighted by Gasteiger charge is -2.27. The van der Waals surface area contributed by atoms with Crippen molar-refractivity contribution in [3.8, 4) is 0 Å². The lowest BCUT2D eigenvalue weighted by atomic mass is 10.1. The highest BCUT2D eigenvalue weighted by molar-refractivity contribution is 8.15. The number of carbonyl (C=O) groups excluding carboxylic acids is 1. The largest absolute Gasteiger partial charge is 0.468 e. The van der Waals surface area contributed by atoms with E-state index in [4.69, 9.17) is 4.42 Å². The molecule has 1 amide bonds. The van der Waals surface area contributed by atoms with Crippen molar-refractivity contribution in [3.05, 3.63) is 54.0 Å². The van der Waals surface area contributed by atoms with Crippen LogP contribution in [-0.4, -0.2) is 66.3 Å². The number of hydrogen-bond donors (Lipinski definition) is 2. The Balaban J connectivity index is 1.21. The van der Waals surface area contributed by atoms with E-state index in [0.29, 0.717) is 19.0 Å². The normalized spacial score (nSPS) is 21.8. The minimum Gasteiger partial charge on any atom is -0.468 e. The van der Waals surface area contributed by atoms with Gasteiger partial charge in [-0.25, -0.2) is 8.42 Å². The van der Waals surface area contributed by atoms with E-state index in [0.717, 1.165) is 41.7 Å². The van der Waals surface area contributed by atoms with Crippen LogP contribution in [0.25, 0.3) is 0 Å². The standard InChI is InChI=1S/C24H32N4O4S2/c1-3-17(2)28(14-20-5-4-12-32-20)11-10-25-23(29)13-18-6-8-19(9-7-18)26-24-27-21-15-34(30,31)16-22(21)33-24/h4-9,12,17,21-22H,3,10-11,13-16H2,1-2H3,(H,25,29)(H,26,27). The third-order valence-corrected chi connectivity index (χ3v) is 9.40. The monoisotopic (exact) mass is 504 g/mol. The quantitative estimate of drug-likeness (QED) is 0.513. The van der Waals surface area contributed by atoms with Crippen LogP contribution in [0.2, 0.25) is 0 Å². The van der Waals surface area contributed by atoms with Gasteiger partial charge in [0.25, 0.3) is 0 Å². The molecule has 184 valence electrons. The Morgan fingerprint density at radius 2 is 2.06 bits per heavy atom. The van der Waals surface area contributed by atoms with E-state index in [1.807, 2.05) is 36.4 Å². The second-order valence-corrected chi connectivity index (χ2v) is 12.3. The summed E-state index contributed by atoms with van der Waals surface area (Å²) in [4.78, 5) is 19.3. The van der Waals surface area contributed by atoms with Gasteiger partial charge >= 0.3 is 0 Å². The predicted octanol–water partition coefficient (Wildman–Crippen LogP) is 2.92. The molecule has 2 aromatic rings. The van der Waals surface area contributed by atoms with Crippen molar-refractivity contribution in [2.45, 2.75) is 50.6 Å². The average molecular weight is 505 g/mol. The van der Waals surface area contributed by atoms with Crippen LogP contribution in [0.1, 0.15) is 31.6 Å². The molecule has 1 fully saturated rings. The molecular formula is C24H32N4O4S2. The van der Waals surface area contributed by atoms with Crippen LogP contribution in [0.3, 0.4) is 0 Å². The maximum atomic E-state index is 12.4. The van der Waals surface area contributed by atoms with Gasteiger partial charge in [-0.15, -0.1) is 0 Å². The summed E-state index contributed by atoms with van der Waals surface area (Å²) in [5, 5.41) is 7.07. The first-order chi connectivity index (χ1) is 16.3. The lowest BCUT2D eigenvalue weighted by Crippen LogP contribution is -2.39. The fourth-order valence-electron chi connectivity index (χ4n) is 4.15. The number of aliphatic imine (C=N–C) groups is 1. The highest BCUT2D eigenvalue weighted by Gasteiger charge is 2.42. The van der Waals surface area contributed by atoms with Crippen molar-refractivity contribution in [3.63, 3.8) is 0 Å². The van der Waals surface area contributed by atoms with Crippen LogP contribution < -0.4 is 10.6 Å². The Bertz CT molecular complexity index is 1100.